The summed E-state index contributed by atoms with van der Waals surface area (Å²) >= 11 is 1.60. The van der Waals surface area contributed by atoms with Crippen LogP contribution in [0, 0.1) is 0 Å². The van der Waals surface area contributed by atoms with Gasteiger partial charge in [-0.15, -0.1) is 34.0 Å². The van der Waals surface area contributed by atoms with Gasteiger partial charge in [0.2, 0.25) is 0 Å². The van der Waals surface area contributed by atoms with Gasteiger partial charge in [-0.05, 0) is 23.7 Å². The summed E-state index contributed by atoms with van der Waals surface area (Å²) < 4.78 is 5.84. The van der Waals surface area contributed by atoms with E-state index in [-0.39, 0.29) is 34.0 Å². The van der Waals surface area contributed by atoms with Gasteiger partial charge in [0.1, 0.15) is 5.82 Å². The molecule has 0 bridgehead atoms. The van der Waals surface area contributed by atoms with Crippen molar-refractivity contribution < 1.29 is 0 Å². The van der Waals surface area contributed by atoms with Gasteiger partial charge >= 0.3 is 0 Å². The molecule has 3 nitrogen and oxygen atoms in total. The Labute approximate surface area is 126 Å². The molecule has 0 radical (unpaired) electrons. The number of hydrogen-bond acceptors (Lipinski definition) is 4. The Balaban J connectivity index is 0.000000722. The summed E-state index contributed by atoms with van der Waals surface area (Å²) in [6.45, 7) is 4.25. The number of halogens is 2. The number of fused-ring (bicyclic) bond motifs is 1. The second-order valence-corrected chi connectivity index (χ2v) is 4.54. The number of nitrogens with one attached hydrogen (secondary N) is 1. The van der Waals surface area contributed by atoms with E-state index in [9.17, 15) is 0 Å². The van der Waals surface area contributed by atoms with E-state index in [1.54, 1.807) is 11.5 Å². The van der Waals surface area contributed by atoms with E-state index in [1.807, 2.05) is 0 Å². The predicted molar refractivity (Wildman–Crippen MR) is 85.3 cm³/mol. The first-order valence-electron chi connectivity index (χ1n) is 5.25. The molecule has 6 heteroatoms. The van der Waals surface area contributed by atoms with Crippen LogP contribution in [0.1, 0.15) is 0 Å². The Bertz CT molecular complexity index is 468. The highest BCUT2D eigenvalue weighted by molar-refractivity contribution is 8.93. The number of rotatable bonds is 1. The second kappa shape index (κ2) is 6.68. The van der Waals surface area contributed by atoms with Crippen LogP contribution in [0.3, 0.4) is 0 Å². The molecule has 1 N–H and O–H groups in total. The zero-order chi connectivity index (χ0) is 10.1. The van der Waals surface area contributed by atoms with Crippen molar-refractivity contribution in [1.29, 1.82) is 0 Å². The van der Waals surface area contributed by atoms with Gasteiger partial charge in [-0.1, -0.05) is 12.1 Å². The lowest BCUT2D eigenvalue weighted by atomic mass is 10.2. The molecule has 1 aromatic heterocycles. The Hall–Kier alpha value is -0.170. The topological polar surface area (TPSA) is 28.2 Å². The molecule has 0 atom stereocenters. The van der Waals surface area contributed by atoms with Gasteiger partial charge in [0.15, 0.2) is 0 Å². The van der Waals surface area contributed by atoms with Crippen LogP contribution >= 0.6 is 45.5 Å². The largest absolute Gasteiger partial charge is 0.353 e. The Morgan fingerprint density at radius 2 is 1.82 bits per heavy atom. The first-order valence-corrected chi connectivity index (χ1v) is 6.02. The van der Waals surface area contributed by atoms with Crippen LogP contribution in [0.5, 0.6) is 0 Å². The molecule has 17 heavy (non-hydrogen) atoms. The lowest BCUT2D eigenvalue weighted by Crippen LogP contribution is -2.43. The molecule has 1 fully saturated rings. The molecule has 0 unspecified atom stereocenters. The standard InChI is InChI=1S/C11H13N3S.2BrH/c1-2-4-10-9(3-1)11(13-15-10)14-7-5-12-6-8-14;;/h1-4,12H,5-8H2;2*1H. The summed E-state index contributed by atoms with van der Waals surface area (Å²) in [6, 6.07) is 8.46. The quantitative estimate of drug-likeness (QED) is 0.824. The highest BCUT2D eigenvalue weighted by atomic mass is 79.9. The molecular formula is C11H15Br2N3S. The van der Waals surface area contributed by atoms with Crippen molar-refractivity contribution >= 4 is 61.4 Å². The van der Waals surface area contributed by atoms with Gasteiger partial charge in [-0.2, -0.15) is 4.37 Å². The molecule has 1 saturated heterocycles. The molecular weight excluding hydrogens is 366 g/mol. The summed E-state index contributed by atoms with van der Waals surface area (Å²) in [4.78, 5) is 2.37. The molecule has 1 aliphatic rings. The van der Waals surface area contributed by atoms with Crippen molar-refractivity contribution in [1.82, 2.24) is 9.69 Å². The fourth-order valence-corrected chi connectivity index (χ4v) is 2.77. The van der Waals surface area contributed by atoms with E-state index >= 15 is 0 Å². The van der Waals surface area contributed by atoms with Crippen LogP contribution in [0.25, 0.3) is 10.1 Å². The minimum absolute atomic E-state index is 0. The fourth-order valence-electron chi connectivity index (χ4n) is 1.98. The van der Waals surface area contributed by atoms with E-state index in [0.717, 1.165) is 32.0 Å². The van der Waals surface area contributed by atoms with Gasteiger partial charge in [0.25, 0.3) is 0 Å². The zero-order valence-corrected chi connectivity index (χ0v) is 13.5. The molecule has 94 valence electrons. The number of aromatic nitrogens is 1. The van der Waals surface area contributed by atoms with Gasteiger partial charge in [-0.3, -0.25) is 0 Å². The Morgan fingerprint density at radius 1 is 1.12 bits per heavy atom. The summed E-state index contributed by atoms with van der Waals surface area (Å²) in [5.41, 5.74) is 0. The van der Waals surface area contributed by atoms with Crippen molar-refractivity contribution in [3.8, 4) is 0 Å². The van der Waals surface area contributed by atoms with Crippen LogP contribution in [0.2, 0.25) is 0 Å². The summed E-state index contributed by atoms with van der Waals surface area (Å²) in [7, 11) is 0. The average Bonchev–Trinajstić information content (AvgIpc) is 2.74. The van der Waals surface area contributed by atoms with Gasteiger partial charge in [0.05, 0.1) is 4.70 Å². The summed E-state index contributed by atoms with van der Waals surface area (Å²) in [6.07, 6.45) is 0. The molecule has 2 aromatic rings. The van der Waals surface area contributed by atoms with Gasteiger partial charge in [-0.25, -0.2) is 0 Å². The number of piperazine rings is 1. The normalized spacial score (nSPS) is 15.2. The van der Waals surface area contributed by atoms with E-state index in [2.05, 4.69) is 38.9 Å². The minimum Gasteiger partial charge on any atom is -0.353 e. The SMILES string of the molecule is Br.Br.c1ccc2c(N3CCNCC3)nsc2c1. The van der Waals surface area contributed by atoms with E-state index in [4.69, 9.17) is 0 Å². The maximum absolute atomic E-state index is 4.56. The highest BCUT2D eigenvalue weighted by Gasteiger charge is 2.15. The molecule has 0 spiro atoms. The maximum Gasteiger partial charge on any atom is 0.150 e. The number of benzene rings is 1. The van der Waals surface area contributed by atoms with E-state index in [1.165, 1.54) is 10.1 Å². The van der Waals surface area contributed by atoms with Crippen molar-refractivity contribution in [2.75, 3.05) is 31.1 Å². The molecule has 1 aliphatic heterocycles. The fraction of sp³-hybridized carbons (Fsp3) is 0.364. The smallest absolute Gasteiger partial charge is 0.150 e. The minimum atomic E-state index is 0. The lowest BCUT2D eigenvalue weighted by molar-refractivity contribution is 0.587. The van der Waals surface area contributed by atoms with Gasteiger partial charge < -0.3 is 10.2 Å². The third kappa shape index (κ3) is 2.99. The molecule has 0 saturated carbocycles. The monoisotopic (exact) mass is 379 g/mol. The first kappa shape index (κ1) is 14.9. The molecule has 0 amide bonds. The summed E-state index contributed by atoms with van der Waals surface area (Å²) in [5, 5.41) is 4.65. The van der Waals surface area contributed by atoms with Crippen molar-refractivity contribution in [2.45, 2.75) is 0 Å². The van der Waals surface area contributed by atoms with Crippen LogP contribution < -0.4 is 10.2 Å². The van der Waals surface area contributed by atoms with E-state index < -0.39 is 0 Å². The van der Waals surface area contributed by atoms with Crippen molar-refractivity contribution in [3.63, 3.8) is 0 Å². The Morgan fingerprint density at radius 3 is 2.59 bits per heavy atom. The average molecular weight is 381 g/mol. The van der Waals surface area contributed by atoms with Crippen molar-refractivity contribution in [2.24, 2.45) is 0 Å². The first-order chi connectivity index (χ1) is 7.45. The molecule has 0 aliphatic carbocycles. The molecule has 1 aromatic carbocycles. The van der Waals surface area contributed by atoms with E-state index in [0.29, 0.717) is 0 Å². The van der Waals surface area contributed by atoms with Crippen LogP contribution in [0.15, 0.2) is 24.3 Å². The molecule has 3 rings (SSSR count). The van der Waals surface area contributed by atoms with Crippen LogP contribution in [0.4, 0.5) is 5.82 Å². The number of hydrogen-bond donors (Lipinski definition) is 1. The zero-order valence-electron chi connectivity index (χ0n) is 9.26. The highest BCUT2D eigenvalue weighted by Crippen LogP contribution is 2.29. The number of nitrogens with zero attached hydrogens (tertiary/aromatic N) is 2. The lowest BCUT2D eigenvalue weighted by Gasteiger charge is -2.27. The Kier molecular flexibility index (Phi) is 5.85. The predicted octanol–water partition coefficient (Wildman–Crippen LogP) is 2.86. The third-order valence-electron chi connectivity index (χ3n) is 2.77. The number of anilines is 1. The van der Waals surface area contributed by atoms with Crippen LogP contribution in [-0.2, 0) is 0 Å². The van der Waals surface area contributed by atoms with Gasteiger partial charge in [0, 0.05) is 31.6 Å². The van der Waals surface area contributed by atoms with Crippen molar-refractivity contribution in [3.05, 3.63) is 24.3 Å². The van der Waals surface area contributed by atoms with Crippen LogP contribution in [-0.4, -0.2) is 30.6 Å². The molecule has 2 heterocycles. The summed E-state index contributed by atoms with van der Waals surface area (Å²) in [5.74, 6) is 1.16. The third-order valence-corrected chi connectivity index (χ3v) is 3.59. The second-order valence-electron chi connectivity index (χ2n) is 3.74. The maximum atomic E-state index is 4.56.